The minimum Gasteiger partial charge on any atom is -0.474 e. The Morgan fingerprint density at radius 3 is 2.65 bits per heavy atom. The lowest BCUT2D eigenvalue weighted by Crippen LogP contribution is -2.36. The molecule has 0 radical (unpaired) electrons. The van der Waals surface area contributed by atoms with Gasteiger partial charge in [0.25, 0.3) is 5.91 Å². The quantitative estimate of drug-likeness (QED) is 0.682. The number of rotatable bonds is 5. The lowest BCUT2D eigenvalue weighted by Gasteiger charge is -2.20. The number of nitrogens with zero attached hydrogens (tertiary/aromatic N) is 3. The van der Waals surface area contributed by atoms with Crippen LogP contribution in [-0.4, -0.2) is 28.0 Å². The Labute approximate surface area is 179 Å². The van der Waals surface area contributed by atoms with Crippen molar-refractivity contribution in [1.29, 1.82) is 5.26 Å². The van der Waals surface area contributed by atoms with E-state index >= 15 is 0 Å². The number of fused-ring (bicyclic) bond motifs is 2. The summed E-state index contributed by atoms with van der Waals surface area (Å²) in [7, 11) is 0. The van der Waals surface area contributed by atoms with Crippen LogP contribution in [0.3, 0.4) is 0 Å². The highest BCUT2D eigenvalue weighted by molar-refractivity contribution is 5.94. The van der Waals surface area contributed by atoms with E-state index in [4.69, 9.17) is 10.00 Å². The van der Waals surface area contributed by atoms with Crippen LogP contribution in [0.1, 0.15) is 35.7 Å². The summed E-state index contributed by atoms with van der Waals surface area (Å²) < 4.78 is 19.6. The minimum absolute atomic E-state index is 0.0656. The molecule has 2 aliphatic rings. The zero-order chi connectivity index (χ0) is 21.5. The van der Waals surface area contributed by atoms with Crippen molar-refractivity contribution in [1.82, 2.24) is 15.3 Å². The molecule has 2 fully saturated rings. The first-order valence-corrected chi connectivity index (χ1v) is 10.4. The maximum atomic E-state index is 13.4. The Balaban J connectivity index is 1.18. The number of ether oxygens (including phenoxy) is 1. The maximum absolute atomic E-state index is 13.4. The predicted octanol–water partition coefficient (Wildman–Crippen LogP) is 3.86. The highest BCUT2D eigenvalue weighted by atomic mass is 19.1. The molecule has 0 bridgehead atoms. The molecule has 1 N–H and O–H groups in total. The maximum Gasteiger partial charge on any atom is 0.251 e. The molecule has 31 heavy (non-hydrogen) atoms. The van der Waals surface area contributed by atoms with Gasteiger partial charge in [-0.2, -0.15) is 5.26 Å². The summed E-state index contributed by atoms with van der Waals surface area (Å²) in [5, 5.41) is 12.7. The van der Waals surface area contributed by atoms with Gasteiger partial charge in [0.2, 0.25) is 5.88 Å². The number of hydrogen-bond donors (Lipinski definition) is 1. The molecule has 2 aliphatic carbocycles. The van der Waals surface area contributed by atoms with E-state index < -0.39 is 0 Å². The molecule has 2 saturated carbocycles. The second-order valence-electron chi connectivity index (χ2n) is 8.41. The lowest BCUT2D eigenvalue weighted by atomic mass is 10.0. The van der Waals surface area contributed by atoms with Gasteiger partial charge in [0.15, 0.2) is 0 Å². The molecule has 1 heterocycles. The fourth-order valence-electron chi connectivity index (χ4n) is 5.02. The van der Waals surface area contributed by atoms with E-state index in [9.17, 15) is 9.18 Å². The van der Waals surface area contributed by atoms with Gasteiger partial charge in [0.1, 0.15) is 18.2 Å². The van der Waals surface area contributed by atoms with Gasteiger partial charge in [0, 0.05) is 17.7 Å². The molecular formula is C24H21FN4O2. The number of carbonyl (C=O) groups is 1. The molecule has 1 aromatic heterocycles. The third-order valence-corrected chi connectivity index (χ3v) is 6.52. The monoisotopic (exact) mass is 416 g/mol. The smallest absolute Gasteiger partial charge is 0.251 e. The highest BCUT2D eigenvalue weighted by Gasteiger charge is 2.58. The molecule has 1 amide bonds. The van der Waals surface area contributed by atoms with Gasteiger partial charge in [-0.3, -0.25) is 4.79 Å². The molecule has 156 valence electrons. The van der Waals surface area contributed by atoms with Crippen molar-refractivity contribution in [2.24, 2.45) is 17.8 Å². The largest absolute Gasteiger partial charge is 0.474 e. The van der Waals surface area contributed by atoms with Gasteiger partial charge in [-0.15, -0.1) is 0 Å². The fraction of sp³-hybridized carbons (Fsp3) is 0.333. The van der Waals surface area contributed by atoms with Gasteiger partial charge < -0.3 is 10.1 Å². The summed E-state index contributed by atoms with van der Waals surface area (Å²) in [5.41, 5.74) is 1.63. The van der Waals surface area contributed by atoms with Gasteiger partial charge in [-0.1, -0.05) is 0 Å². The van der Waals surface area contributed by atoms with Crippen LogP contribution in [0.15, 0.2) is 48.8 Å². The van der Waals surface area contributed by atoms with Crippen molar-refractivity contribution < 1.29 is 13.9 Å². The van der Waals surface area contributed by atoms with E-state index in [1.165, 1.54) is 18.5 Å². The average Bonchev–Trinajstić information content (AvgIpc) is 3.29. The van der Waals surface area contributed by atoms with Gasteiger partial charge in [-0.25, -0.2) is 14.4 Å². The van der Waals surface area contributed by atoms with E-state index in [0.29, 0.717) is 45.7 Å². The Hall–Kier alpha value is -3.53. The summed E-state index contributed by atoms with van der Waals surface area (Å²) in [4.78, 5) is 20.9. The standard InChI is InChI=1S/C24H21FN4O2/c1-13(29-23(30)15-4-2-14(11-26)3-5-15)22-19-9-17(10-20(19)22)31-24-18-7-6-16(25)8-21(18)27-12-28-24/h2-8,12-13,17,19-20,22H,9-10H2,1H3,(H,29,30)/t13-,17-,19-,20+,22+/m1/s1. The SMILES string of the molecule is C[C@@H](NC(=O)c1ccc(C#N)cc1)[C@H]1[C@@H]2C[C@@H](Oc3ncnc4cc(F)ccc34)C[C@@H]21. The van der Waals surface area contributed by atoms with Crippen molar-refractivity contribution in [2.75, 3.05) is 0 Å². The van der Waals surface area contributed by atoms with E-state index in [2.05, 4.69) is 21.4 Å². The van der Waals surface area contributed by atoms with Crippen LogP contribution in [0.25, 0.3) is 10.9 Å². The van der Waals surface area contributed by atoms with Crippen LogP contribution in [0.4, 0.5) is 4.39 Å². The molecule has 3 aromatic rings. The minimum atomic E-state index is -0.334. The highest BCUT2D eigenvalue weighted by Crippen LogP contribution is 2.59. The number of amides is 1. The predicted molar refractivity (Wildman–Crippen MR) is 112 cm³/mol. The first-order chi connectivity index (χ1) is 15.0. The molecule has 6 nitrogen and oxygen atoms in total. The Bertz CT molecular complexity index is 1180. The van der Waals surface area contributed by atoms with E-state index in [1.54, 1.807) is 30.3 Å². The topological polar surface area (TPSA) is 87.9 Å². The average molecular weight is 416 g/mol. The number of carbonyl (C=O) groups excluding carboxylic acids is 1. The first kappa shape index (κ1) is 19.4. The molecule has 7 heteroatoms. The van der Waals surface area contributed by atoms with Gasteiger partial charge >= 0.3 is 0 Å². The molecule has 5 atom stereocenters. The summed E-state index contributed by atoms with van der Waals surface area (Å²) in [6.07, 6.45) is 3.30. The number of nitrogens with one attached hydrogen (secondary N) is 1. The van der Waals surface area contributed by atoms with Gasteiger partial charge in [-0.05, 0) is 73.9 Å². The van der Waals surface area contributed by atoms with Crippen LogP contribution < -0.4 is 10.1 Å². The lowest BCUT2D eigenvalue weighted by molar-refractivity contribution is 0.0930. The summed E-state index contributed by atoms with van der Waals surface area (Å²) in [6, 6.07) is 13.2. The van der Waals surface area contributed by atoms with Crippen LogP contribution >= 0.6 is 0 Å². The third-order valence-electron chi connectivity index (χ3n) is 6.52. The molecule has 2 aromatic carbocycles. The van der Waals surface area contributed by atoms with Crippen LogP contribution in [0, 0.1) is 34.9 Å². The van der Waals surface area contributed by atoms with Crippen molar-refractivity contribution in [3.8, 4) is 11.9 Å². The number of halogens is 1. The number of benzene rings is 2. The zero-order valence-electron chi connectivity index (χ0n) is 17.0. The number of hydrogen-bond acceptors (Lipinski definition) is 5. The van der Waals surface area contributed by atoms with Crippen molar-refractivity contribution in [3.05, 3.63) is 65.7 Å². The molecule has 0 aliphatic heterocycles. The summed E-state index contributed by atoms with van der Waals surface area (Å²) in [6.45, 7) is 2.05. The van der Waals surface area contributed by atoms with Crippen LogP contribution in [-0.2, 0) is 0 Å². The third kappa shape index (κ3) is 3.70. The van der Waals surface area contributed by atoms with Crippen molar-refractivity contribution in [2.45, 2.75) is 31.9 Å². The van der Waals surface area contributed by atoms with Crippen molar-refractivity contribution in [3.63, 3.8) is 0 Å². The molecule has 0 unspecified atom stereocenters. The molecular weight excluding hydrogens is 395 g/mol. The van der Waals surface area contributed by atoms with E-state index in [-0.39, 0.29) is 23.9 Å². The number of nitriles is 1. The van der Waals surface area contributed by atoms with Crippen LogP contribution in [0.5, 0.6) is 5.88 Å². The molecule has 5 rings (SSSR count). The Morgan fingerprint density at radius 2 is 1.94 bits per heavy atom. The number of aromatic nitrogens is 2. The zero-order valence-corrected chi connectivity index (χ0v) is 17.0. The van der Waals surface area contributed by atoms with Crippen molar-refractivity contribution >= 4 is 16.8 Å². The second kappa shape index (κ2) is 7.62. The Kier molecular flexibility index (Phi) is 4.78. The van der Waals surface area contributed by atoms with Crippen LogP contribution in [0.2, 0.25) is 0 Å². The summed E-state index contributed by atoms with van der Waals surface area (Å²) >= 11 is 0. The Morgan fingerprint density at radius 1 is 1.19 bits per heavy atom. The van der Waals surface area contributed by atoms with E-state index in [0.717, 1.165) is 12.8 Å². The van der Waals surface area contributed by atoms with E-state index in [1.807, 2.05) is 6.92 Å². The fourth-order valence-corrected chi connectivity index (χ4v) is 5.02. The summed E-state index contributed by atoms with van der Waals surface area (Å²) in [5.74, 6) is 1.53. The molecule has 0 spiro atoms. The van der Waals surface area contributed by atoms with Gasteiger partial charge in [0.05, 0.1) is 22.5 Å². The first-order valence-electron chi connectivity index (χ1n) is 10.4. The second-order valence-corrected chi connectivity index (χ2v) is 8.41. The molecule has 0 saturated heterocycles. The normalized spacial score (nSPS) is 24.8.